The lowest BCUT2D eigenvalue weighted by Gasteiger charge is -2.31. The molecule has 2 aliphatic rings. The lowest BCUT2D eigenvalue weighted by molar-refractivity contribution is -0.150. The highest BCUT2D eigenvalue weighted by molar-refractivity contribution is 6.46. The summed E-state index contributed by atoms with van der Waals surface area (Å²) in [6.45, 7) is 7.28. The first-order valence-electron chi connectivity index (χ1n) is 14.7. The minimum atomic E-state index is -0.838. The molecule has 1 atom stereocenters. The standard InChI is InChI=1S/C30H42BN5O6/c1-5-23(35-31(4)41)29(40)33-17-27(38)42-20-9-6-18(7-10-20)34-24-14-19(8-11-21(24)28(32)39)36-13-12-22-25(36)15-30(2,3)16-26(22)37/h8,11-14,18,20,23,34-35,41H,5-7,9-10,15-17H2,1-4H3,(H2,32,39)(H,33,40). The molecule has 1 saturated carbocycles. The van der Waals surface area contributed by atoms with Gasteiger partial charge in [0.15, 0.2) is 5.78 Å². The summed E-state index contributed by atoms with van der Waals surface area (Å²) >= 11 is 0. The second-order valence-corrected chi connectivity index (χ2v) is 12.2. The molecule has 0 radical (unpaired) electrons. The molecular formula is C30H42BN5O6. The molecule has 6 N–H and O–H groups in total. The monoisotopic (exact) mass is 579 g/mol. The fourth-order valence-corrected chi connectivity index (χ4v) is 5.93. The Bertz CT molecular complexity index is 1330. The third-order valence-corrected chi connectivity index (χ3v) is 8.03. The first kappa shape index (κ1) is 31.3. The van der Waals surface area contributed by atoms with E-state index < -0.39 is 25.0 Å². The third-order valence-electron chi connectivity index (χ3n) is 8.03. The molecule has 4 rings (SSSR count). The van der Waals surface area contributed by atoms with Crippen LogP contribution >= 0.6 is 0 Å². The van der Waals surface area contributed by atoms with Gasteiger partial charge in [0.25, 0.3) is 5.91 Å². The molecule has 11 nitrogen and oxygen atoms in total. The molecule has 1 unspecified atom stereocenters. The second kappa shape index (κ2) is 13.1. The van der Waals surface area contributed by atoms with Crippen molar-refractivity contribution in [3.05, 3.63) is 47.3 Å². The number of carbonyl (C=O) groups excluding carboxylic acids is 4. The number of Topliss-reactive ketones (excluding diaryl/α,β-unsaturated/α-hetero) is 1. The van der Waals surface area contributed by atoms with E-state index in [9.17, 15) is 24.2 Å². The zero-order valence-corrected chi connectivity index (χ0v) is 24.9. The summed E-state index contributed by atoms with van der Waals surface area (Å²) in [6.07, 6.45) is 6.08. The number of ketones is 1. The largest absolute Gasteiger partial charge is 0.461 e. The third kappa shape index (κ3) is 7.60. The Morgan fingerprint density at radius 1 is 1.17 bits per heavy atom. The molecule has 1 heterocycles. The van der Waals surface area contributed by atoms with Gasteiger partial charge in [-0.05, 0) is 75.0 Å². The van der Waals surface area contributed by atoms with Crippen molar-refractivity contribution >= 4 is 36.3 Å². The van der Waals surface area contributed by atoms with Gasteiger partial charge in [0, 0.05) is 41.3 Å². The van der Waals surface area contributed by atoms with Gasteiger partial charge in [-0.15, -0.1) is 0 Å². The first-order valence-corrected chi connectivity index (χ1v) is 14.7. The number of ether oxygens (including phenoxy) is 1. The maximum Gasteiger partial charge on any atom is 0.374 e. The van der Waals surface area contributed by atoms with Crippen LogP contribution in [0.3, 0.4) is 0 Å². The average molecular weight is 580 g/mol. The van der Waals surface area contributed by atoms with Crippen molar-refractivity contribution < 1.29 is 28.9 Å². The number of fused-ring (bicyclic) bond motifs is 1. The van der Waals surface area contributed by atoms with Crippen LogP contribution in [0.1, 0.15) is 85.7 Å². The molecule has 1 aromatic carbocycles. The molecule has 2 aliphatic carbocycles. The average Bonchev–Trinajstić information content (AvgIpc) is 3.34. The number of benzene rings is 1. The number of aromatic nitrogens is 1. The number of nitrogens with two attached hydrogens (primary N) is 1. The van der Waals surface area contributed by atoms with E-state index in [2.05, 4.69) is 29.7 Å². The highest BCUT2D eigenvalue weighted by atomic mass is 16.5. The molecule has 42 heavy (non-hydrogen) atoms. The Morgan fingerprint density at radius 2 is 1.88 bits per heavy atom. The topological polar surface area (TPSA) is 165 Å². The predicted octanol–water partition coefficient (Wildman–Crippen LogP) is 2.59. The van der Waals surface area contributed by atoms with Crippen molar-refractivity contribution in [3.8, 4) is 5.69 Å². The second-order valence-electron chi connectivity index (χ2n) is 12.2. The molecule has 12 heteroatoms. The Kier molecular flexibility index (Phi) is 9.78. The lowest BCUT2D eigenvalue weighted by Crippen LogP contribution is -2.50. The van der Waals surface area contributed by atoms with Crippen molar-refractivity contribution in [2.75, 3.05) is 11.9 Å². The summed E-state index contributed by atoms with van der Waals surface area (Å²) < 4.78 is 7.60. The van der Waals surface area contributed by atoms with Crippen LogP contribution in [0.2, 0.25) is 6.82 Å². The SMILES string of the molecule is CCC(NB(C)O)C(=O)NCC(=O)OC1CCC(Nc2cc(-n3ccc4c3CC(C)(C)CC4=O)ccc2C(N)=O)CC1. The maximum atomic E-state index is 12.7. The van der Waals surface area contributed by atoms with Crippen LogP contribution in [0.5, 0.6) is 0 Å². The van der Waals surface area contributed by atoms with Crippen molar-refractivity contribution in [1.82, 2.24) is 15.1 Å². The van der Waals surface area contributed by atoms with E-state index in [4.69, 9.17) is 10.5 Å². The van der Waals surface area contributed by atoms with Crippen LogP contribution < -0.4 is 21.6 Å². The molecule has 2 amide bonds. The normalized spacial score (nSPS) is 20.3. The number of hydrogen-bond donors (Lipinski definition) is 5. The Labute approximate surface area is 247 Å². The summed E-state index contributed by atoms with van der Waals surface area (Å²) in [5, 5.41) is 18.2. The van der Waals surface area contributed by atoms with Gasteiger partial charge in [-0.3, -0.25) is 19.2 Å². The quantitative estimate of drug-likeness (QED) is 0.200. The van der Waals surface area contributed by atoms with E-state index in [-0.39, 0.29) is 35.8 Å². The van der Waals surface area contributed by atoms with Crippen molar-refractivity contribution in [3.63, 3.8) is 0 Å². The summed E-state index contributed by atoms with van der Waals surface area (Å²) in [6, 6.07) is 6.77. The summed E-state index contributed by atoms with van der Waals surface area (Å²) in [4.78, 5) is 49.6. The predicted molar refractivity (Wildman–Crippen MR) is 161 cm³/mol. The fourth-order valence-electron chi connectivity index (χ4n) is 5.93. The molecule has 1 aromatic heterocycles. The van der Waals surface area contributed by atoms with Crippen molar-refractivity contribution in [2.24, 2.45) is 11.1 Å². The molecule has 0 spiro atoms. The number of primary amides is 1. The van der Waals surface area contributed by atoms with Gasteiger partial charge < -0.3 is 35.9 Å². The van der Waals surface area contributed by atoms with E-state index in [1.54, 1.807) is 6.07 Å². The smallest absolute Gasteiger partial charge is 0.374 e. The number of amides is 2. The summed E-state index contributed by atoms with van der Waals surface area (Å²) in [5.74, 6) is -1.27. The molecule has 2 aromatic rings. The van der Waals surface area contributed by atoms with Crippen LogP contribution in [0.15, 0.2) is 30.5 Å². The van der Waals surface area contributed by atoms with Crippen molar-refractivity contribution in [2.45, 2.75) is 90.7 Å². The Morgan fingerprint density at radius 3 is 2.52 bits per heavy atom. The first-order chi connectivity index (χ1) is 19.9. The summed E-state index contributed by atoms with van der Waals surface area (Å²) in [5.41, 5.74) is 9.14. The van der Waals surface area contributed by atoms with Gasteiger partial charge >= 0.3 is 13.0 Å². The van der Waals surface area contributed by atoms with Gasteiger partial charge in [0.2, 0.25) is 5.91 Å². The number of rotatable bonds is 11. The minimum absolute atomic E-state index is 0.0453. The zero-order valence-electron chi connectivity index (χ0n) is 24.9. The van der Waals surface area contributed by atoms with Crippen LogP contribution in [-0.2, 0) is 20.7 Å². The number of carbonyl (C=O) groups is 4. The van der Waals surface area contributed by atoms with E-state index in [0.29, 0.717) is 49.8 Å². The summed E-state index contributed by atoms with van der Waals surface area (Å²) in [7, 11) is -0.838. The Hall–Kier alpha value is -3.64. The van der Waals surface area contributed by atoms with Gasteiger partial charge in [-0.25, -0.2) is 0 Å². The highest BCUT2D eigenvalue weighted by Crippen LogP contribution is 2.37. The molecular weight excluding hydrogens is 537 g/mol. The van der Waals surface area contributed by atoms with Gasteiger partial charge in [-0.1, -0.05) is 20.8 Å². The fraction of sp³-hybridized carbons (Fsp3) is 0.533. The molecule has 1 fully saturated rings. The number of esters is 1. The molecule has 0 bridgehead atoms. The number of nitrogens with zero attached hydrogens (tertiary/aromatic N) is 1. The number of anilines is 1. The van der Waals surface area contributed by atoms with Crippen LogP contribution in [-0.4, -0.2) is 64.9 Å². The zero-order chi connectivity index (χ0) is 30.6. The highest BCUT2D eigenvalue weighted by Gasteiger charge is 2.33. The van der Waals surface area contributed by atoms with Gasteiger partial charge in [0.1, 0.15) is 12.6 Å². The van der Waals surface area contributed by atoms with Crippen LogP contribution in [0.4, 0.5) is 5.69 Å². The lowest BCUT2D eigenvalue weighted by atomic mass is 9.76. The van der Waals surface area contributed by atoms with E-state index in [1.165, 1.54) is 6.82 Å². The van der Waals surface area contributed by atoms with Crippen molar-refractivity contribution in [1.29, 1.82) is 0 Å². The van der Waals surface area contributed by atoms with Gasteiger partial charge in [0.05, 0.1) is 11.6 Å². The van der Waals surface area contributed by atoms with Crippen LogP contribution in [0, 0.1) is 5.41 Å². The van der Waals surface area contributed by atoms with Gasteiger partial charge in [-0.2, -0.15) is 0 Å². The maximum absolute atomic E-state index is 12.7. The molecule has 226 valence electrons. The number of nitrogens with one attached hydrogen (secondary N) is 3. The number of hydrogen-bond acceptors (Lipinski definition) is 8. The minimum Gasteiger partial charge on any atom is -0.461 e. The molecule has 0 aliphatic heterocycles. The molecule has 0 saturated heterocycles. The Balaban J connectivity index is 1.36. The van der Waals surface area contributed by atoms with E-state index >= 15 is 0 Å². The van der Waals surface area contributed by atoms with E-state index in [1.807, 2.05) is 35.9 Å². The van der Waals surface area contributed by atoms with Crippen LogP contribution in [0.25, 0.3) is 5.69 Å². The van der Waals surface area contributed by atoms with E-state index in [0.717, 1.165) is 23.4 Å².